The van der Waals surface area contributed by atoms with Crippen molar-refractivity contribution >= 4 is 5.97 Å². The van der Waals surface area contributed by atoms with Crippen LogP contribution in [0.2, 0.25) is 0 Å². The zero-order valence-electron chi connectivity index (χ0n) is 7.76. The lowest BCUT2D eigenvalue weighted by molar-refractivity contribution is -0.142. The van der Waals surface area contributed by atoms with Gasteiger partial charge in [0.25, 0.3) is 0 Å². The molecule has 72 valence electrons. The van der Waals surface area contributed by atoms with Gasteiger partial charge in [-0.15, -0.1) is 0 Å². The fraction of sp³-hybridized carbons (Fsp3) is 0.875. The predicted molar refractivity (Wildman–Crippen MR) is 46.0 cm³/mol. The van der Waals surface area contributed by atoms with Crippen molar-refractivity contribution < 1.29 is 14.3 Å². The molecule has 0 saturated heterocycles. The highest BCUT2D eigenvalue weighted by Gasteiger charge is 1.99. The number of ether oxygens (including phenoxy) is 2. The SMILES string of the molecule is CCCOC(=O)CNCCOC. The van der Waals surface area contributed by atoms with E-state index in [9.17, 15) is 4.79 Å². The summed E-state index contributed by atoms with van der Waals surface area (Å²) in [7, 11) is 1.62. The van der Waals surface area contributed by atoms with Crippen LogP contribution in [0.4, 0.5) is 0 Å². The van der Waals surface area contributed by atoms with Crippen LogP contribution in [0.5, 0.6) is 0 Å². The van der Waals surface area contributed by atoms with Crippen LogP contribution in [0.3, 0.4) is 0 Å². The summed E-state index contributed by atoms with van der Waals surface area (Å²) < 4.78 is 9.62. The molecule has 0 aromatic rings. The van der Waals surface area contributed by atoms with Gasteiger partial charge in [0.1, 0.15) is 0 Å². The van der Waals surface area contributed by atoms with E-state index in [4.69, 9.17) is 9.47 Å². The number of carbonyl (C=O) groups is 1. The predicted octanol–water partition coefficient (Wildman–Crippen LogP) is 0.176. The highest BCUT2D eigenvalue weighted by Crippen LogP contribution is 1.80. The van der Waals surface area contributed by atoms with Crippen molar-refractivity contribution in [2.75, 3.05) is 33.4 Å². The molecule has 0 aliphatic heterocycles. The highest BCUT2D eigenvalue weighted by molar-refractivity contribution is 5.71. The van der Waals surface area contributed by atoms with Gasteiger partial charge in [-0.2, -0.15) is 0 Å². The molecule has 0 aliphatic rings. The van der Waals surface area contributed by atoms with E-state index in [0.717, 1.165) is 6.42 Å². The molecule has 0 atom stereocenters. The number of hydrogen-bond donors (Lipinski definition) is 1. The van der Waals surface area contributed by atoms with Crippen molar-refractivity contribution in [2.45, 2.75) is 13.3 Å². The van der Waals surface area contributed by atoms with Gasteiger partial charge < -0.3 is 14.8 Å². The Morgan fingerprint density at radius 2 is 2.17 bits per heavy atom. The van der Waals surface area contributed by atoms with Crippen LogP contribution in [0.15, 0.2) is 0 Å². The first-order valence-electron chi connectivity index (χ1n) is 4.16. The van der Waals surface area contributed by atoms with E-state index in [-0.39, 0.29) is 12.5 Å². The largest absolute Gasteiger partial charge is 0.465 e. The number of carbonyl (C=O) groups excluding carboxylic acids is 1. The molecule has 0 aromatic carbocycles. The zero-order valence-corrected chi connectivity index (χ0v) is 7.76. The van der Waals surface area contributed by atoms with Crippen LogP contribution in [0, 0.1) is 0 Å². The summed E-state index contributed by atoms with van der Waals surface area (Å²) in [5.74, 6) is -0.201. The van der Waals surface area contributed by atoms with E-state index >= 15 is 0 Å². The van der Waals surface area contributed by atoms with Gasteiger partial charge in [-0.3, -0.25) is 4.79 Å². The molecule has 0 spiro atoms. The topological polar surface area (TPSA) is 47.6 Å². The van der Waals surface area contributed by atoms with E-state index in [1.54, 1.807) is 7.11 Å². The van der Waals surface area contributed by atoms with Gasteiger partial charge in [-0.05, 0) is 6.42 Å². The smallest absolute Gasteiger partial charge is 0.319 e. The molecule has 0 rings (SSSR count). The maximum absolute atomic E-state index is 10.8. The third-order valence-electron chi connectivity index (χ3n) is 1.22. The van der Waals surface area contributed by atoms with Gasteiger partial charge in [0.15, 0.2) is 0 Å². The number of methoxy groups -OCH3 is 1. The fourth-order valence-electron chi connectivity index (χ4n) is 0.632. The monoisotopic (exact) mass is 175 g/mol. The Bertz CT molecular complexity index is 117. The van der Waals surface area contributed by atoms with E-state index < -0.39 is 0 Å². The summed E-state index contributed by atoms with van der Waals surface area (Å²) in [6, 6.07) is 0. The van der Waals surface area contributed by atoms with E-state index in [2.05, 4.69) is 5.32 Å². The molecular formula is C8H17NO3. The van der Waals surface area contributed by atoms with Gasteiger partial charge in [-0.1, -0.05) is 6.92 Å². The lowest BCUT2D eigenvalue weighted by Crippen LogP contribution is -2.27. The molecule has 0 aliphatic carbocycles. The van der Waals surface area contributed by atoms with Crippen molar-refractivity contribution in [3.63, 3.8) is 0 Å². The second kappa shape index (κ2) is 8.49. The number of hydrogen-bond acceptors (Lipinski definition) is 4. The Morgan fingerprint density at radius 3 is 2.75 bits per heavy atom. The van der Waals surface area contributed by atoms with Gasteiger partial charge in [0, 0.05) is 13.7 Å². The van der Waals surface area contributed by atoms with Crippen molar-refractivity contribution in [3.05, 3.63) is 0 Å². The molecule has 0 unspecified atom stereocenters. The molecule has 0 amide bonds. The molecular weight excluding hydrogens is 158 g/mol. The maximum Gasteiger partial charge on any atom is 0.319 e. The van der Waals surface area contributed by atoms with Crippen LogP contribution < -0.4 is 5.32 Å². The Balaban J connectivity index is 3.08. The molecule has 0 aromatic heterocycles. The second-order valence-electron chi connectivity index (χ2n) is 2.39. The summed E-state index contributed by atoms with van der Waals surface area (Å²) in [6.07, 6.45) is 0.865. The minimum atomic E-state index is -0.201. The first kappa shape index (κ1) is 11.4. The third-order valence-corrected chi connectivity index (χ3v) is 1.22. The molecule has 0 saturated carbocycles. The van der Waals surface area contributed by atoms with Crippen LogP contribution in [-0.2, 0) is 14.3 Å². The quantitative estimate of drug-likeness (QED) is 0.443. The number of rotatable bonds is 7. The Morgan fingerprint density at radius 1 is 1.42 bits per heavy atom. The second-order valence-corrected chi connectivity index (χ2v) is 2.39. The maximum atomic E-state index is 10.8. The molecule has 0 fully saturated rings. The van der Waals surface area contributed by atoms with E-state index in [1.165, 1.54) is 0 Å². The Hall–Kier alpha value is -0.610. The van der Waals surface area contributed by atoms with E-state index in [1.807, 2.05) is 6.92 Å². The molecule has 0 heterocycles. The number of esters is 1. The third kappa shape index (κ3) is 7.50. The van der Waals surface area contributed by atoms with Crippen LogP contribution in [0.1, 0.15) is 13.3 Å². The minimum Gasteiger partial charge on any atom is -0.465 e. The molecule has 4 heteroatoms. The molecule has 1 N–H and O–H groups in total. The summed E-state index contributed by atoms with van der Waals surface area (Å²) in [5, 5.41) is 2.90. The lowest BCUT2D eigenvalue weighted by Gasteiger charge is -2.03. The van der Waals surface area contributed by atoms with Gasteiger partial charge >= 0.3 is 5.97 Å². The summed E-state index contributed by atoms with van der Waals surface area (Å²) >= 11 is 0. The molecule has 0 radical (unpaired) electrons. The summed E-state index contributed by atoms with van der Waals surface area (Å²) in [5.41, 5.74) is 0. The lowest BCUT2D eigenvalue weighted by atomic mass is 10.5. The zero-order chi connectivity index (χ0) is 9.23. The average Bonchev–Trinajstić information content (AvgIpc) is 2.09. The normalized spacial score (nSPS) is 9.83. The van der Waals surface area contributed by atoms with Crippen LogP contribution in [0.25, 0.3) is 0 Å². The first-order valence-corrected chi connectivity index (χ1v) is 4.16. The van der Waals surface area contributed by atoms with Crippen molar-refractivity contribution in [1.29, 1.82) is 0 Å². The molecule has 4 nitrogen and oxygen atoms in total. The van der Waals surface area contributed by atoms with Gasteiger partial charge in [-0.25, -0.2) is 0 Å². The van der Waals surface area contributed by atoms with Crippen molar-refractivity contribution in [1.82, 2.24) is 5.32 Å². The van der Waals surface area contributed by atoms with Gasteiger partial charge in [0.2, 0.25) is 0 Å². The van der Waals surface area contributed by atoms with Crippen molar-refractivity contribution in [2.24, 2.45) is 0 Å². The van der Waals surface area contributed by atoms with E-state index in [0.29, 0.717) is 19.8 Å². The van der Waals surface area contributed by atoms with Crippen molar-refractivity contribution in [3.8, 4) is 0 Å². The number of nitrogens with one attached hydrogen (secondary N) is 1. The van der Waals surface area contributed by atoms with Crippen LogP contribution in [-0.4, -0.2) is 39.4 Å². The van der Waals surface area contributed by atoms with Gasteiger partial charge in [0.05, 0.1) is 19.8 Å². The fourth-order valence-corrected chi connectivity index (χ4v) is 0.632. The summed E-state index contributed by atoms with van der Waals surface area (Å²) in [4.78, 5) is 10.8. The molecule has 0 bridgehead atoms. The summed E-state index contributed by atoms with van der Waals surface area (Å²) in [6.45, 7) is 4.03. The first-order chi connectivity index (χ1) is 5.81. The standard InChI is InChI=1S/C8H17NO3/c1-3-5-12-8(10)7-9-4-6-11-2/h9H,3-7H2,1-2H3. The average molecular weight is 175 g/mol. The highest BCUT2D eigenvalue weighted by atomic mass is 16.5. The minimum absolute atomic E-state index is 0.201. The Labute approximate surface area is 73.2 Å². The van der Waals surface area contributed by atoms with Crippen LogP contribution >= 0.6 is 0 Å². The molecule has 12 heavy (non-hydrogen) atoms. The Kier molecular flexibility index (Phi) is 8.05.